The molecule has 0 spiro atoms. The standard InChI is InChI=1S/C21H17ClN2O4S/c1-13-5-7-20-18(9-13)23-21(25)17-11-16(6-8-19(17)28-20)24-29(26,27)12-14-3-2-4-15(22)10-14/h2-11,24H,12H2,1H3,(H,23,25). The molecule has 1 amide bonds. The number of fused-ring (bicyclic) bond motifs is 2. The van der Waals surface area contributed by atoms with Crippen molar-refractivity contribution in [3.05, 3.63) is 82.4 Å². The van der Waals surface area contributed by atoms with Gasteiger partial charge in [0.25, 0.3) is 5.91 Å². The molecule has 0 fully saturated rings. The summed E-state index contributed by atoms with van der Waals surface area (Å²) < 4.78 is 33.4. The van der Waals surface area contributed by atoms with Crippen LogP contribution in [-0.2, 0) is 15.8 Å². The fourth-order valence-electron chi connectivity index (χ4n) is 3.06. The number of carbonyl (C=O) groups is 1. The van der Waals surface area contributed by atoms with Crippen molar-refractivity contribution in [2.45, 2.75) is 12.7 Å². The maximum atomic E-state index is 12.6. The summed E-state index contributed by atoms with van der Waals surface area (Å²) in [6, 6.07) is 16.7. The van der Waals surface area contributed by atoms with Crippen LogP contribution in [0.1, 0.15) is 21.5 Å². The summed E-state index contributed by atoms with van der Waals surface area (Å²) >= 11 is 5.92. The fourth-order valence-corrected chi connectivity index (χ4v) is 4.45. The number of nitrogens with one attached hydrogen (secondary N) is 2. The second-order valence-electron chi connectivity index (χ2n) is 6.76. The van der Waals surface area contributed by atoms with Crippen molar-refractivity contribution in [3.8, 4) is 11.5 Å². The van der Waals surface area contributed by atoms with E-state index in [0.29, 0.717) is 27.8 Å². The second kappa shape index (κ2) is 7.42. The van der Waals surface area contributed by atoms with E-state index in [1.807, 2.05) is 19.1 Å². The Morgan fingerprint density at radius 2 is 1.83 bits per heavy atom. The van der Waals surface area contributed by atoms with Gasteiger partial charge in [-0.15, -0.1) is 0 Å². The number of ether oxygens (including phenoxy) is 1. The highest BCUT2D eigenvalue weighted by molar-refractivity contribution is 7.91. The zero-order chi connectivity index (χ0) is 20.6. The summed E-state index contributed by atoms with van der Waals surface area (Å²) in [7, 11) is -3.70. The first-order valence-corrected chi connectivity index (χ1v) is 10.8. The summed E-state index contributed by atoms with van der Waals surface area (Å²) in [5, 5.41) is 3.26. The Morgan fingerprint density at radius 3 is 2.62 bits per heavy atom. The number of hydrogen-bond donors (Lipinski definition) is 2. The van der Waals surface area contributed by atoms with Gasteiger partial charge in [0.15, 0.2) is 5.75 Å². The third-order valence-electron chi connectivity index (χ3n) is 4.35. The zero-order valence-electron chi connectivity index (χ0n) is 15.4. The van der Waals surface area contributed by atoms with Crippen molar-refractivity contribution >= 4 is 38.9 Å². The minimum absolute atomic E-state index is 0.238. The molecule has 0 aromatic heterocycles. The predicted octanol–water partition coefficient (Wildman–Crippen LogP) is 4.95. The van der Waals surface area contributed by atoms with Crippen LogP contribution < -0.4 is 14.8 Å². The molecule has 0 unspecified atom stereocenters. The van der Waals surface area contributed by atoms with E-state index in [-0.39, 0.29) is 22.9 Å². The third-order valence-corrected chi connectivity index (χ3v) is 5.84. The first-order valence-electron chi connectivity index (χ1n) is 8.78. The van der Waals surface area contributed by atoms with Crippen molar-refractivity contribution in [2.24, 2.45) is 0 Å². The van der Waals surface area contributed by atoms with Crippen LogP contribution in [0.4, 0.5) is 11.4 Å². The summed E-state index contributed by atoms with van der Waals surface area (Å²) in [4.78, 5) is 12.6. The molecule has 8 heteroatoms. The Kier molecular flexibility index (Phi) is 4.94. The number of halogens is 1. The molecule has 0 saturated heterocycles. The number of rotatable bonds is 4. The number of anilines is 2. The van der Waals surface area contributed by atoms with Crippen LogP contribution in [0.25, 0.3) is 0 Å². The molecular weight excluding hydrogens is 412 g/mol. The molecule has 29 heavy (non-hydrogen) atoms. The van der Waals surface area contributed by atoms with E-state index >= 15 is 0 Å². The van der Waals surface area contributed by atoms with Crippen LogP contribution >= 0.6 is 11.6 Å². The van der Waals surface area contributed by atoms with E-state index in [4.69, 9.17) is 16.3 Å². The zero-order valence-corrected chi connectivity index (χ0v) is 17.0. The van der Waals surface area contributed by atoms with Crippen LogP contribution in [-0.4, -0.2) is 14.3 Å². The Hall–Kier alpha value is -3.03. The molecule has 0 saturated carbocycles. The number of amides is 1. The number of aryl methyl sites for hydroxylation is 1. The number of benzene rings is 3. The van der Waals surface area contributed by atoms with Gasteiger partial charge < -0.3 is 10.1 Å². The van der Waals surface area contributed by atoms with Gasteiger partial charge in [-0.3, -0.25) is 9.52 Å². The van der Waals surface area contributed by atoms with Crippen molar-refractivity contribution in [2.75, 3.05) is 10.0 Å². The van der Waals surface area contributed by atoms with Crippen LogP contribution in [0.15, 0.2) is 60.7 Å². The van der Waals surface area contributed by atoms with E-state index in [0.717, 1.165) is 5.56 Å². The third kappa shape index (κ3) is 4.36. The van der Waals surface area contributed by atoms with Crippen LogP contribution in [0.2, 0.25) is 5.02 Å². The molecule has 0 radical (unpaired) electrons. The predicted molar refractivity (Wildman–Crippen MR) is 113 cm³/mol. The second-order valence-corrected chi connectivity index (χ2v) is 8.92. The van der Waals surface area contributed by atoms with Crippen LogP contribution in [0, 0.1) is 6.92 Å². The van der Waals surface area contributed by atoms with Crippen molar-refractivity contribution < 1.29 is 17.9 Å². The van der Waals surface area contributed by atoms with Crippen LogP contribution in [0.5, 0.6) is 11.5 Å². The molecule has 0 atom stereocenters. The molecule has 1 heterocycles. The van der Waals surface area contributed by atoms with E-state index in [1.165, 1.54) is 6.07 Å². The quantitative estimate of drug-likeness (QED) is 0.615. The van der Waals surface area contributed by atoms with Gasteiger partial charge in [-0.05, 0) is 60.5 Å². The maximum Gasteiger partial charge on any atom is 0.259 e. The minimum atomic E-state index is -3.70. The van der Waals surface area contributed by atoms with Crippen LogP contribution in [0.3, 0.4) is 0 Å². The molecule has 0 bridgehead atoms. The van der Waals surface area contributed by atoms with Gasteiger partial charge in [-0.2, -0.15) is 0 Å². The lowest BCUT2D eigenvalue weighted by molar-refractivity contribution is 0.102. The molecule has 1 aliphatic heterocycles. The van der Waals surface area contributed by atoms with Crippen molar-refractivity contribution in [1.29, 1.82) is 0 Å². The highest BCUT2D eigenvalue weighted by Crippen LogP contribution is 2.37. The first kappa shape index (κ1) is 19.3. The van der Waals surface area contributed by atoms with Gasteiger partial charge in [0, 0.05) is 10.7 Å². The van der Waals surface area contributed by atoms with E-state index in [2.05, 4.69) is 10.0 Å². The average molecular weight is 429 g/mol. The lowest BCUT2D eigenvalue weighted by Crippen LogP contribution is -2.16. The molecule has 4 rings (SSSR count). The minimum Gasteiger partial charge on any atom is -0.454 e. The Bertz CT molecular complexity index is 1230. The topological polar surface area (TPSA) is 84.5 Å². The SMILES string of the molecule is Cc1ccc2c(c1)NC(=O)c1cc(NS(=O)(=O)Cc3cccc(Cl)c3)ccc1O2. The van der Waals surface area contributed by atoms with Gasteiger partial charge in [0.2, 0.25) is 10.0 Å². The smallest absolute Gasteiger partial charge is 0.259 e. The van der Waals surface area contributed by atoms with E-state index in [1.54, 1.807) is 42.5 Å². The number of hydrogen-bond acceptors (Lipinski definition) is 4. The normalized spacial score (nSPS) is 12.8. The molecular formula is C21H17ClN2O4S. The van der Waals surface area contributed by atoms with E-state index in [9.17, 15) is 13.2 Å². The molecule has 3 aromatic rings. The summed E-state index contributed by atoms with van der Waals surface area (Å²) in [6.45, 7) is 1.91. The van der Waals surface area contributed by atoms with Crippen molar-refractivity contribution in [3.63, 3.8) is 0 Å². The monoisotopic (exact) mass is 428 g/mol. The molecule has 6 nitrogen and oxygen atoms in total. The maximum absolute atomic E-state index is 12.6. The van der Waals surface area contributed by atoms with Gasteiger partial charge in [0.1, 0.15) is 5.75 Å². The van der Waals surface area contributed by atoms with Crippen molar-refractivity contribution in [1.82, 2.24) is 0 Å². The Balaban J connectivity index is 1.59. The number of carbonyl (C=O) groups excluding carboxylic acids is 1. The largest absolute Gasteiger partial charge is 0.454 e. The molecule has 148 valence electrons. The first-order chi connectivity index (χ1) is 13.8. The van der Waals surface area contributed by atoms with Gasteiger partial charge in [-0.1, -0.05) is 29.8 Å². The van der Waals surface area contributed by atoms with Gasteiger partial charge in [0.05, 0.1) is 17.0 Å². The number of sulfonamides is 1. The fraction of sp³-hybridized carbons (Fsp3) is 0.0952. The molecule has 1 aliphatic rings. The lowest BCUT2D eigenvalue weighted by atomic mass is 10.1. The Labute approximate surface area is 173 Å². The Morgan fingerprint density at radius 1 is 1.03 bits per heavy atom. The van der Waals surface area contributed by atoms with Gasteiger partial charge >= 0.3 is 0 Å². The highest BCUT2D eigenvalue weighted by Gasteiger charge is 2.22. The van der Waals surface area contributed by atoms with E-state index < -0.39 is 10.0 Å². The summed E-state index contributed by atoms with van der Waals surface area (Å²) in [5.74, 6) is 0.262. The van der Waals surface area contributed by atoms with Gasteiger partial charge in [-0.25, -0.2) is 8.42 Å². The average Bonchev–Trinajstić information content (AvgIpc) is 2.77. The highest BCUT2D eigenvalue weighted by atomic mass is 35.5. The molecule has 0 aliphatic carbocycles. The summed E-state index contributed by atoms with van der Waals surface area (Å²) in [5.41, 5.74) is 2.61. The molecule has 3 aromatic carbocycles. The summed E-state index contributed by atoms with van der Waals surface area (Å²) in [6.07, 6.45) is 0. The lowest BCUT2D eigenvalue weighted by Gasteiger charge is -2.11. The molecule has 2 N–H and O–H groups in total.